The molecule has 3 nitrogen and oxygen atoms in total. The first-order valence-electron chi connectivity index (χ1n) is 9.98. The summed E-state index contributed by atoms with van der Waals surface area (Å²) in [5, 5.41) is 0. The summed E-state index contributed by atoms with van der Waals surface area (Å²) in [7, 11) is 0. The second kappa shape index (κ2) is 11.2. The fraction of sp³-hybridized carbons (Fsp3) is 0.667. The van der Waals surface area contributed by atoms with Crippen LogP contribution in [-0.4, -0.2) is 41.9 Å². The van der Waals surface area contributed by atoms with Crippen LogP contribution in [0.25, 0.3) is 0 Å². The van der Waals surface area contributed by atoms with Crippen molar-refractivity contribution in [1.29, 1.82) is 0 Å². The Kier molecular flexibility index (Phi) is 9.73. The van der Waals surface area contributed by atoms with Gasteiger partial charge in [0.05, 0.1) is 5.56 Å². The molecule has 25 heavy (non-hydrogen) atoms. The molecule has 3 rings (SSSR count). The summed E-state index contributed by atoms with van der Waals surface area (Å²) in [6.45, 7) is 14.5. The van der Waals surface area contributed by atoms with Crippen LogP contribution in [0.3, 0.4) is 0 Å². The number of halogens is 1. The van der Waals surface area contributed by atoms with Gasteiger partial charge in [-0.15, -0.1) is 0 Å². The van der Waals surface area contributed by atoms with Crippen LogP contribution < -0.4 is 0 Å². The monoisotopic (exact) mass is 350 g/mol. The number of hydrogen-bond acceptors (Lipinski definition) is 2. The Hall–Kier alpha value is -1.42. The molecule has 0 N–H and O–H groups in total. The molecular weight excluding hydrogens is 315 g/mol. The summed E-state index contributed by atoms with van der Waals surface area (Å²) in [5.74, 6) is 0.251. The van der Waals surface area contributed by atoms with Crippen molar-refractivity contribution in [1.82, 2.24) is 9.80 Å². The van der Waals surface area contributed by atoms with Gasteiger partial charge in [0.25, 0.3) is 5.91 Å². The predicted molar refractivity (Wildman–Crippen MR) is 103 cm³/mol. The number of carbonyl (C=O) groups excluding carboxylic acids is 1. The average Bonchev–Trinajstić information content (AvgIpc) is 3.15. The van der Waals surface area contributed by atoms with Crippen LogP contribution in [0.2, 0.25) is 0 Å². The van der Waals surface area contributed by atoms with Crippen molar-refractivity contribution in [2.45, 2.75) is 60.4 Å². The maximum atomic E-state index is 14.2. The highest BCUT2D eigenvalue weighted by atomic mass is 19.1. The van der Waals surface area contributed by atoms with E-state index in [0.29, 0.717) is 12.1 Å². The fourth-order valence-electron chi connectivity index (χ4n) is 3.32. The molecule has 142 valence electrons. The molecule has 2 aliphatic rings. The van der Waals surface area contributed by atoms with Crippen LogP contribution in [0.4, 0.5) is 4.39 Å². The normalized spacial score (nSPS) is 17.1. The molecule has 2 saturated heterocycles. The van der Waals surface area contributed by atoms with Gasteiger partial charge < -0.3 is 4.90 Å². The molecule has 0 aromatic heterocycles. The highest BCUT2D eigenvalue weighted by molar-refractivity contribution is 5.96. The maximum absolute atomic E-state index is 14.2. The van der Waals surface area contributed by atoms with Gasteiger partial charge in [-0.1, -0.05) is 53.2 Å². The van der Waals surface area contributed by atoms with E-state index in [2.05, 4.69) is 11.8 Å². The number of carbonyl (C=O) groups is 1. The van der Waals surface area contributed by atoms with Crippen LogP contribution >= 0.6 is 0 Å². The molecule has 1 amide bonds. The average molecular weight is 351 g/mol. The minimum Gasteiger partial charge on any atom is -0.339 e. The second-order valence-electron chi connectivity index (χ2n) is 6.24. The summed E-state index contributed by atoms with van der Waals surface area (Å²) in [5.41, 5.74) is 1.13. The van der Waals surface area contributed by atoms with Crippen LogP contribution in [0.5, 0.6) is 0 Å². The van der Waals surface area contributed by atoms with Gasteiger partial charge in [0.1, 0.15) is 5.82 Å². The molecule has 4 heteroatoms. The Bertz CT molecular complexity index is 521. The van der Waals surface area contributed by atoms with Crippen molar-refractivity contribution in [3.63, 3.8) is 0 Å². The molecule has 0 radical (unpaired) electrons. The smallest absolute Gasteiger partial charge is 0.257 e. The molecular formula is C21H35FN2O. The third-order valence-corrected chi connectivity index (χ3v) is 4.71. The molecule has 0 spiro atoms. The van der Waals surface area contributed by atoms with Crippen molar-refractivity contribution in [3.8, 4) is 0 Å². The second-order valence-corrected chi connectivity index (χ2v) is 6.24. The number of amides is 1. The van der Waals surface area contributed by atoms with E-state index in [1.807, 2.05) is 33.8 Å². The topological polar surface area (TPSA) is 23.6 Å². The quantitative estimate of drug-likeness (QED) is 0.766. The number of likely N-dealkylation sites (tertiary alicyclic amines) is 2. The van der Waals surface area contributed by atoms with E-state index in [9.17, 15) is 9.18 Å². The van der Waals surface area contributed by atoms with Gasteiger partial charge in [-0.2, -0.15) is 0 Å². The third kappa shape index (κ3) is 5.53. The van der Waals surface area contributed by atoms with E-state index in [-0.39, 0.29) is 11.7 Å². The molecule has 2 heterocycles. The molecule has 0 atom stereocenters. The van der Waals surface area contributed by atoms with Gasteiger partial charge in [0.15, 0.2) is 0 Å². The van der Waals surface area contributed by atoms with E-state index in [1.54, 1.807) is 11.0 Å². The first-order chi connectivity index (χ1) is 12.2. The Morgan fingerprint density at radius 1 is 1.12 bits per heavy atom. The minimum absolute atomic E-state index is 0.131. The molecule has 1 aromatic carbocycles. The van der Waals surface area contributed by atoms with Crippen LogP contribution in [-0.2, 0) is 6.54 Å². The molecule has 0 saturated carbocycles. The van der Waals surface area contributed by atoms with Crippen LogP contribution in [0, 0.1) is 11.7 Å². The standard InChI is InChI=1S/C17H23FN2O.2C2H6/c1-2-13-10-19(11-13)12-14-6-5-7-15(18)16(14)17(21)20-8-3-4-9-20;2*1-2/h5-7,13H,2-4,8-12H2,1H3;2*1-2H3. The Morgan fingerprint density at radius 3 is 2.28 bits per heavy atom. The van der Waals surface area contributed by atoms with Crippen molar-refractivity contribution in [2.75, 3.05) is 26.2 Å². The van der Waals surface area contributed by atoms with Gasteiger partial charge >= 0.3 is 0 Å². The largest absolute Gasteiger partial charge is 0.339 e. The van der Waals surface area contributed by atoms with Crippen molar-refractivity contribution < 1.29 is 9.18 Å². The Morgan fingerprint density at radius 2 is 1.72 bits per heavy atom. The summed E-state index contributed by atoms with van der Waals surface area (Å²) >= 11 is 0. The van der Waals surface area contributed by atoms with Gasteiger partial charge in [-0.25, -0.2) is 4.39 Å². The lowest BCUT2D eigenvalue weighted by Gasteiger charge is -2.39. The lowest BCUT2D eigenvalue weighted by atomic mass is 9.95. The highest BCUT2D eigenvalue weighted by Gasteiger charge is 2.29. The Balaban J connectivity index is 0.000000730. The van der Waals surface area contributed by atoms with Gasteiger partial charge in [-0.05, 0) is 30.4 Å². The van der Waals surface area contributed by atoms with Gasteiger partial charge in [0.2, 0.25) is 0 Å². The number of rotatable bonds is 4. The van der Waals surface area contributed by atoms with Gasteiger partial charge in [0, 0.05) is 32.7 Å². The predicted octanol–water partition coefficient (Wildman–Crippen LogP) is 4.96. The zero-order chi connectivity index (χ0) is 18.8. The van der Waals surface area contributed by atoms with Crippen molar-refractivity contribution in [3.05, 3.63) is 35.1 Å². The minimum atomic E-state index is -0.378. The zero-order valence-corrected chi connectivity index (χ0v) is 16.6. The summed E-state index contributed by atoms with van der Waals surface area (Å²) in [6.07, 6.45) is 3.25. The van der Waals surface area contributed by atoms with E-state index in [1.165, 1.54) is 12.5 Å². The van der Waals surface area contributed by atoms with E-state index in [0.717, 1.165) is 50.5 Å². The van der Waals surface area contributed by atoms with E-state index in [4.69, 9.17) is 0 Å². The molecule has 2 fully saturated rings. The van der Waals surface area contributed by atoms with Crippen LogP contribution in [0.15, 0.2) is 18.2 Å². The first kappa shape index (κ1) is 21.6. The SMILES string of the molecule is CC.CC.CCC1CN(Cc2cccc(F)c2C(=O)N2CCCC2)C1. The maximum Gasteiger partial charge on any atom is 0.257 e. The fourth-order valence-corrected chi connectivity index (χ4v) is 3.32. The molecule has 2 aliphatic heterocycles. The Labute approximate surface area is 153 Å². The van der Waals surface area contributed by atoms with Crippen LogP contribution in [0.1, 0.15) is 69.8 Å². The molecule has 0 unspecified atom stereocenters. The summed E-state index contributed by atoms with van der Waals surface area (Å²) in [4.78, 5) is 16.6. The lowest BCUT2D eigenvalue weighted by molar-refractivity contribution is 0.0769. The summed E-state index contributed by atoms with van der Waals surface area (Å²) < 4.78 is 14.2. The molecule has 0 bridgehead atoms. The molecule has 1 aromatic rings. The number of hydrogen-bond donors (Lipinski definition) is 0. The van der Waals surface area contributed by atoms with E-state index >= 15 is 0 Å². The zero-order valence-electron chi connectivity index (χ0n) is 16.6. The lowest BCUT2D eigenvalue weighted by Crippen LogP contribution is -2.45. The van der Waals surface area contributed by atoms with Crippen molar-refractivity contribution >= 4 is 5.91 Å². The van der Waals surface area contributed by atoms with Gasteiger partial charge in [-0.3, -0.25) is 9.69 Å². The highest BCUT2D eigenvalue weighted by Crippen LogP contribution is 2.25. The summed E-state index contributed by atoms with van der Waals surface area (Å²) in [6, 6.07) is 5.01. The first-order valence-corrected chi connectivity index (χ1v) is 9.98. The number of benzene rings is 1. The van der Waals surface area contributed by atoms with E-state index < -0.39 is 0 Å². The van der Waals surface area contributed by atoms with Crippen molar-refractivity contribution in [2.24, 2.45) is 5.92 Å². The molecule has 0 aliphatic carbocycles. The third-order valence-electron chi connectivity index (χ3n) is 4.71. The number of nitrogens with zero attached hydrogens (tertiary/aromatic N) is 2.